The molecule has 1 aromatic rings. The number of hydrogen-bond acceptors (Lipinski definition) is 11. The van der Waals surface area contributed by atoms with Gasteiger partial charge in [-0.2, -0.15) is 9.92 Å². The minimum Gasteiger partial charge on any atom is -0.466 e. The fourth-order valence-electron chi connectivity index (χ4n) is 3.40. The van der Waals surface area contributed by atoms with Crippen LogP contribution in [0.5, 0.6) is 5.88 Å². The molecule has 0 unspecified atom stereocenters. The molecule has 0 aliphatic carbocycles. The highest BCUT2D eigenvalue weighted by Crippen LogP contribution is 2.37. The van der Waals surface area contributed by atoms with Gasteiger partial charge in [-0.3, -0.25) is 14.9 Å². The summed E-state index contributed by atoms with van der Waals surface area (Å²) in [7, 11) is 0. The number of allylic oxidation sites excluding steroid dienone is 2. The molecule has 0 amide bonds. The standard InChI is InChI=1S/C18H20N6O6/c1-2-28-18(25)12-3-6-22(7-4-12)16-15(24(26)27)17(20-11-19-16)29-14-5-8-23-13(9-14)10-21-30-23/h5,8-12,21H,2-4,6-7H2,1H3. The van der Waals surface area contributed by atoms with Gasteiger partial charge in [-0.25, -0.2) is 15.5 Å². The molecule has 30 heavy (non-hydrogen) atoms. The van der Waals surface area contributed by atoms with E-state index in [-0.39, 0.29) is 29.3 Å². The summed E-state index contributed by atoms with van der Waals surface area (Å²) in [5, 5.41) is 13.3. The first-order valence-electron chi connectivity index (χ1n) is 9.47. The maximum Gasteiger partial charge on any atom is 0.373 e. The van der Waals surface area contributed by atoms with Crippen molar-refractivity contribution in [2.45, 2.75) is 19.8 Å². The van der Waals surface area contributed by atoms with Gasteiger partial charge in [0.05, 0.1) is 29.3 Å². The number of carbonyl (C=O) groups is 1. The molecule has 0 spiro atoms. The Bertz CT molecular complexity index is 937. The zero-order valence-electron chi connectivity index (χ0n) is 16.2. The van der Waals surface area contributed by atoms with E-state index in [0.717, 1.165) is 0 Å². The number of nitrogens with one attached hydrogen (secondary N) is 1. The minimum absolute atomic E-state index is 0.158. The Hall–Kier alpha value is -3.67. The predicted octanol–water partition coefficient (Wildman–Crippen LogP) is 1.55. The molecule has 0 atom stereocenters. The van der Waals surface area contributed by atoms with Crippen molar-refractivity contribution in [1.29, 1.82) is 0 Å². The normalized spacial score (nSPS) is 18.3. The largest absolute Gasteiger partial charge is 0.466 e. The van der Waals surface area contributed by atoms with E-state index in [9.17, 15) is 14.9 Å². The van der Waals surface area contributed by atoms with Crippen molar-refractivity contribution in [2.75, 3.05) is 24.6 Å². The summed E-state index contributed by atoms with van der Waals surface area (Å²) in [4.78, 5) is 38.2. The molecule has 1 aromatic heterocycles. The van der Waals surface area contributed by atoms with E-state index in [1.54, 1.807) is 36.4 Å². The van der Waals surface area contributed by atoms with Crippen LogP contribution in [0.25, 0.3) is 0 Å². The van der Waals surface area contributed by atoms with Crippen LogP contribution in [-0.4, -0.2) is 45.6 Å². The molecule has 158 valence electrons. The summed E-state index contributed by atoms with van der Waals surface area (Å²) in [5.41, 5.74) is 2.94. The average Bonchev–Trinajstić information content (AvgIpc) is 3.21. The lowest BCUT2D eigenvalue weighted by Gasteiger charge is -2.31. The molecule has 3 aliphatic rings. The molecule has 4 rings (SSSR count). The molecule has 0 radical (unpaired) electrons. The number of ether oxygens (including phenoxy) is 2. The van der Waals surface area contributed by atoms with Gasteiger partial charge in [0.25, 0.3) is 0 Å². The second-order valence-corrected chi connectivity index (χ2v) is 6.69. The number of piperidine rings is 1. The van der Waals surface area contributed by atoms with Crippen molar-refractivity contribution >= 4 is 17.5 Å². The number of anilines is 1. The third-order valence-electron chi connectivity index (χ3n) is 4.86. The van der Waals surface area contributed by atoms with Crippen molar-refractivity contribution in [3.63, 3.8) is 0 Å². The van der Waals surface area contributed by atoms with E-state index in [2.05, 4.69) is 15.4 Å². The number of nitro groups is 1. The number of hydroxylamine groups is 3. The topological polar surface area (TPSA) is 132 Å². The highest BCUT2D eigenvalue weighted by Gasteiger charge is 2.33. The van der Waals surface area contributed by atoms with Crippen LogP contribution in [0.15, 0.2) is 42.3 Å². The van der Waals surface area contributed by atoms with Crippen molar-refractivity contribution < 1.29 is 24.1 Å². The fourth-order valence-corrected chi connectivity index (χ4v) is 3.40. The molecule has 12 heteroatoms. The minimum atomic E-state index is -0.555. The van der Waals surface area contributed by atoms with Gasteiger partial charge in [-0.05, 0) is 25.8 Å². The predicted molar refractivity (Wildman–Crippen MR) is 102 cm³/mol. The quantitative estimate of drug-likeness (QED) is 0.411. The van der Waals surface area contributed by atoms with E-state index >= 15 is 0 Å². The van der Waals surface area contributed by atoms with Gasteiger partial charge in [-0.15, -0.1) is 0 Å². The summed E-state index contributed by atoms with van der Waals surface area (Å²) in [6, 6.07) is 0. The summed E-state index contributed by atoms with van der Waals surface area (Å²) in [6.07, 6.45) is 8.75. The maximum atomic E-state index is 11.9. The average molecular weight is 416 g/mol. The summed E-state index contributed by atoms with van der Waals surface area (Å²) in [6.45, 7) is 2.97. The smallest absolute Gasteiger partial charge is 0.373 e. The zero-order valence-corrected chi connectivity index (χ0v) is 16.2. The van der Waals surface area contributed by atoms with Crippen LogP contribution in [0.3, 0.4) is 0 Å². The molecule has 0 aromatic carbocycles. The molecular weight excluding hydrogens is 396 g/mol. The first-order chi connectivity index (χ1) is 14.6. The molecule has 1 saturated heterocycles. The monoisotopic (exact) mass is 416 g/mol. The van der Waals surface area contributed by atoms with Gasteiger partial charge < -0.3 is 14.4 Å². The Labute approximate surface area is 171 Å². The molecule has 0 bridgehead atoms. The molecule has 4 heterocycles. The molecule has 1 fully saturated rings. The zero-order chi connectivity index (χ0) is 21.1. The highest BCUT2D eigenvalue weighted by atomic mass is 16.8. The lowest BCUT2D eigenvalue weighted by atomic mass is 9.97. The number of nitrogens with zero attached hydrogens (tertiary/aromatic N) is 5. The van der Waals surface area contributed by atoms with Crippen LogP contribution in [0, 0.1) is 16.0 Å². The van der Waals surface area contributed by atoms with Crippen molar-refractivity contribution in [1.82, 2.24) is 20.5 Å². The number of carbonyl (C=O) groups excluding carboxylic acids is 1. The SMILES string of the molecule is CCOC(=O)C1CCN(c2ncnc(OC3=CC4=CNON4C=C3)c2[N+](=O)[O-])CC1. The Morgan fingerprint density at radius 1 is 1.40 bits per heavy atom. The summed E-state index contributed by atoms with van der Waals surface area (Å²) >= 11 is 0. The van der Waals surface area contributed by atoms with Gasteiger partial charge in [0.15, 0.2) is 0 Å². The van der Waals surface area contributed by atoms with Gasteiger partial charge in [0, 0.05) is 25.4 Å². The molecule has 3 aliphatic heterocycles. The Balaban J connectivity index is 1.53. The number of aromatic nitrogens is 2. The third kappa shape index (κ3) is 3.89. The van der Waals surface area contributed by atoms with Crippen molar-refractivity contribution in [3.8, 4) is 5.88 Å². The first-order valence-corrected chi connectivity index (χ1v) is 9.47. The van der Waals surface area contributed by atoms with E-state index in [0.29, 0.717) is 44.0 Å². The van der Waals surface area contributed by atoms with Crippen LogP contribution in [0.4, 0.5) is 11.5 Å². The molecule has 12 nitrogen and oxygen atoms in total. The molecular formula is C18H20N6O6. The lowest BCUT2D eigenvalue weighted by molar-refractivity contribution is -0.385. The summed E-state index contributed by atoms with van der Waals surface area (Å²) < 4.78 is 10.8. The summed E-state index contributed by atoms with van der Waals surface area (Å²) in [5.74, 6) is -0.0794. The number of esters is 1. The first kappa shape index (κ1) is 19.6. The van der Waals surface area contributed by atoms with E-state index in [1.165, 1.54) is 11.4 Å². The van der Waals surface area contributed by atoms with Crippen LogP contribution < -0.4 is 15.1 Å². The van der Waals surface area contributed by atoms with Gasteiger partial charge in [-0.1, -0.05) is 0 Å². The highest BCUT2D eigenvalue weighted by molar-refractivity contribution is 5.73. The Morgan fingerprint density at radius 3 is 2.93 bits per heavy atom. The Morgan fingerprint density at radius 2 is 2.20 bits per heavy atom. The molecule has 0 saturated carbocycles. The van der Waals surface area contributed by atoms with Crippen LogP contribution >= 0.6 is 0 Å². The number of fused-ring (bicyclic) bond motifs is 1. The number of hydrogen-bond donors (Lipinski definition) is 1. The second kappa shape index (κ2) is 8.37. The van der Waals surface area contributed by atoms with E-state index in [1.807, 2.05) is 0 Å². The maximum absolute atomic E-state index is 11.9. The van der Waals surface area contributed by atoms with E-state index in [4.69, 9.17) is 14.4 Å². The van der Waals surface area contributed by atoms with Gasteiger partial charge in [0.1, 0.15) is 12.1 Å². The van der Waals surface area contributed by atoms with Gasteiger partial charge in [0.2, 0.25) is 5.82 Å². The second-order valence-electron chi connectivity index (χ2n) is 6.69. The lowest BCUT2D eigenvalue weighted by Crippen LogP contribution is -2.37. The van der Waals surface area contributed by atoms with Crippen molar-refractivity contribution in [2.24, 2.45) is 5.92 Å². The fraction of sp³-hybridized carbons (Fsp3) is 0.389. The third-order valence-corrected chi connectivity index (χ3v) is 4.86. The van der Waals surface area contributed by atoms with Gasteiger partial charge >= 0.3 is 17.5 Å². The van der Waals surface area contributed by atoms with Crippen LogP contribution in [-0.2, 0) is 14.5 Å². The van der Waals surface area contributed by atoms with E-state index < -0.39 is 4.92 Å². The Kier molecular flexibility index (Phi) is 5.48. The van der Waals surface area contributed by atoms with Crippen LogP contribution in [0.2, 0.25) is 0 Å². The molecule has 1 N–H and O–H groups in total. The number of rotatable bonds is 6. The van der Waals surface area contributed by atoms with Crippen molar-refractivity contribution in [3.05, 3.63) is 52.4 Å². The van der Waals surface area contributed by atoms with Crippen LogP contribution in [0.1, 0.15) is 19.8 Å².